The molecule has 2 heterocycles. The molecule has 0 bridgehead atoms. The van der Waals surface area contributed by atoms with Gasteiger partial charge in [0.25, 0.3) is 5.91 Å². The standard InChI is InChI=1S/C17H19ClF2N4O2/c18-12-3-4-15(26-17(19)20)11(8-12)9-22-16(25)14-5-7-24(23-14)13-2-1-6-21-10-13/h3-5,7-8,13,17,21H,1-2,6,9-10H2,(H,22,25). The number of rotatable bonds is 6. The summed E-state index contributed by atoms with van der Waals surface area (Å²) in [5.74, 6) is -0.418. The lowest BCUT2D eigenvalue weighted by molar-refractivity contribution is -0.0504. The predicted molar refractivity (Wildman–Crippen MR) is 92.6 cm³/mol. The summed E-state index contributed by atoms with van der Waals surface area (Å²) in [5.41, 5.74) is 0.635. The van der Waals surface area contributed by atoms with Crippen LogP contribution in [0, 0.1) is 0 Å². The summed E-state index contributed by atoms with van der Waals surface area (Å²) < 4.78 is 31.2. The number of piperidine rings is 1. The molecule has 1 aliphatic rings. The molecule has 0 saturated carbocycles. The first-order valence-electron chi connectivity index (χ1n) is 8.30. The van der Waals surface area contributed by atoms with E-state index >= 15 is 0 Å². The highest BCUT2D eigenvalue weighted by molar-refractivity contribution is 6.30. The Kier molecular flexibility index (Phi) is 6.05. The van der Waals surface area contributed by atoms with Gasteiger partial charge >= 0.3 is 6.61 Å². The molecular weight excluding hydrogens is 366 g/mol. The number of hydrogen-bond donors (Lipinski definition) is 2. The van der Waals surface area contributed by atoms with Crippen LogP contribution in [0.4, 0.5) is 8.78 Å². The first kappa shape index (κ1) is 18.6. The Labute approximate surface area is 154 Å². The molecule has 26 heavy (non-hydrogen) atoms. The summed E-state index contributed by atoms with van der Waals surface area (Å²) in [4.78, 5) is 12.3. The Morgan fingerprint density at radius 2 is 2.31 bits per heavy atom. The smallest absolute Gasteiger partial charge is 0.387 e. The van der Waals surface area contributed by atoms with Gasteiger partial charge in [0.2, 0.25) is 0 Å². The Balaban J connectivity index is 1.64. The van der Waals surface area contributed by atoms with E-state index in [0.717, 1.165) is 25.9 Å². The molecule has 1 aliphatic heterocycles. The number of benzene rings is 1. The van der Waals surface area contributed by atoms with Gasteiger partial charge in [0.15, 0.2) is 0 Å². The van der Waals surface area contributed by atoms with Crippen LogP contribution in [0.3, 0.4) is 0 Å². The lowest BCUT2D eigenvalue weighted by Crippen LogP contribution is -2.32. The molecule has 2 aromatic rings. The number of carbonyl (C=O) groups is 1. The molecule has 0 spiro atoms. The molecule has 1 aromatic heterocycles. The summed E-state index contributed by atoms with van der Waals surface area (Å²) >= 11 is 5.90. The molecule has 1 fully saturated rings. The number of aromatic nitrogens is 2. The van der Waals surface area contributed by atoms with Gasteiger partial charge in [-0.3, -0.25) is 9.48 Å². The third-order valence-corrected chi connectivity index (χ3v) is 4.40. The lowest BCUT2D eigenvalue weighted by Gasteiger charge is -2.22. The van der Waals surface area contributed by atoms with Gasteiger partial charge in [0, 0.05) is 29.9 Å². The third kappa shape index (κ3) is 4.70. The van der Waals surface area contributed by atoms with Crippen molar-refractivity contribution < 1.29 is 18.3 Å². The van der Waals surface area contributed by atoms with Crippen molar-refractivity contribution in [3.8, 4) is 5.75 Å². The van der Waals surface area contributed by atoms with Crippen LogP contribution >= 0.6 is 11.6 Å². The Morgan fingerprint density at radius 3 is 3.04 bits per heavy atom. The van der Waals surface area contributed by atoms with E-state index in [-0.39, 0.29) is 24.0 Å². The van der Waals surface area contributed by atoms with Gasteiger partial charge in [-0.2, -0.15) is 13.9 Å². The fourth-order valence-electron chi connectivity index (χ4n) is 2.88. The summed E-state index contributed by atoms with van der Waals surface area (Å²) in [7, 11) is 0. The molecule has 2 N–H and O–H groups in total. The number of hydrogen-bond acceptors (Lipinski definition) is 4. The zero-order valence-corrected chi connectivity index (χ0v) is 14.7. The molecule has 6 nitrogen and oxygen atoms in total. The number of alkyl halides is 2. The van der Waals surface area contributed by atoms with Gasteiger partial charge in [0.1, 0.15) is 11.4 Å². The van der Waals surface area contributed by atoms with E-state index in [1.807, 2.05) is 0 Å². The minimum atomic E-state index is -2.95. The number of amides is 1. The van der Waals surface area contributed by atoms with Crippen molar-refractivity contribution in [2.75, 3.05) is 13.1 Å². The zero-order chi connectivity index (χ0) is 18.5. The van der Waals surface area contributed by atoms with Gasteiger partial charge in [-0.25, -0.2) is 0 Å². The number of ether oxygens (including phenoxy) is 1. The Morgan fingerprint density at radius 1 is 1.46 bits per heavy atom. The molecule has 1 saturated heterocycles. The second kappa shape index (κ2) is 8.46. The van der Waals surface area contributed by atoms with Crippen molar-refractivity contribution in [1.82, 2.24) is 20.4 Å². The van der Waals surface area contributed by atoms with Crippen LogP contribution in [0.15, 0.2) is 30.5 Å². The quantitative estimate of drug-likeness (QED) is 0.803. The van der Waals surface area contributed by atoms with Gasteiger partial charge in [-0.15, -0.1) is 0 Å². The highest BCUT2D eigenvalue weighted by Gasteiger charge is 2.18. The molecule has 1 unspecified atom stereocenters. The largest absolute Gasteiger partial charge is 0.434 e. The summed E-state index contributed by atoms with van der Waals surface area (Å²) in [6.07, 6.45) is 3.84. The highest BCUT2D eigenvalue weighted by atomic mass is 35.5. The average molecular weight is 385 g/mol. The van der Waals surface area contributed by atoms with E-state index < -0.39 is 12.5 Å². The Hall–Kier alpha value is -2.19. The summed E-state index contributed by atoms with van der Waals surface area (Å²) in [6, 6.07) is 6.14. The zero-order valence-electron chi connectivity index (χ0n) is 13.9. The SMILES string of the molecule is O=C(NCc1cc(Cl)ccc1OC(F)F)c1ccn(C2CCCNC2)n1. The minimum absolute atomic E-state index is 0.000704. The van der Waals surface area contributed by atoms with E-state index in [0.29, 0.717) is 10.6 Å². The lowest BCUT2D eigenvalue weighted by atomic mass is 10.1. The average Bonchev–Trinajstić information content (AvgIpc) is 3.12. The van der Waals surface area contributed by atoms with Crippen LogP contribution in [0.1, 0.15) is 34.9 Å². The molecular formula is C17H19ClF2N4O2. The van der Waals surface area contributed by atoms with Crippen LogP contribution in [0.5, 0.6) is 5.75 Å². The maximum Gasteiger partial charge on any atom is 0.387 e. The van der Waals surface area contributed by atoms with Crippen molar-refractivity contribution in [3.05, 3.63) is 46.7 Å². The van der Waals surface area contributed by atoms with E-state index in [1.54, 1.807) is 16.9 Å². The van der Waals surface area contributed by atoms with Crippen molar-refractivity contribution in [2.24, 2.45) is 0 Å². The predicted octanol–water partition coefficient (Wildman–Crippen LogP) is 2.99. The molecule has 1 aromatic carbocycles. The van der Waals surface area contributed by atoms with Crippen molar-refractivity contribution in [2.45, 2.75) is 32.0 Å². The van der Waals surface area contributed by atoms with Gasteiger partial charge in [-0.1, -0.05) is 11.6 Å². The van der Waals surface area contributed by atoms with Crippen LogP contribution in [-0.2, 0) is 6.54 Å². The molecule has 3 rings (SSSR count). The van der Waals surface area contributed by atoms with Gasteiger partial charge in [0.05, 0.1) is 6.04 Å². The topological polar surface area (TPSA) is 68.2 Å². The van der Waals surface area contributed by atoms with E-state index in [2.05, 4.69) is 20.5 Å². The van der Waals surface area contributed by atoms with Crippen molar-refractivity contribution in [3.63, 3.8) is 0 Å². The second-order valence-electron chi connectivity index (χ2n) is 5.99. The monoisotopic (exact) mass is 384 g/mol. The summed E-state index contributed by atoms with van der Waals surface area (Å²) in [5, 5.41) is 10.6. The molecule has 1 amide bonds. The second-order valence-corrected chi connectivity index (χ2v) is 6.43. The maximum absolute atomic E-state index is 12.5. The molecule has 0 radical (unpaired) electrons. The third-order valence-electron chi connectivity index (χ3n) is 4.16. The molecule has 9 heteroatoms. The number of halogens is 3. The van der Waals surface area contributed by atoms with Gasteiger partial charge < -0.3 is 15.4 Å². The first-order chi connectivity index (χ1) is 12.5. The number of nitrogens with one attached hydrogen (secondary N) is 2. The molecule has 0 aliphatic carbocycles. The molecule has 1 atom stereocenters. The van der Waals surface area contributed by atoms with E-state index in [4.69, 9.17) is 11.6 Å². The number of carbonyl (C=O) groups excluding carboxylic acids is 1. The number of nitrogens with zero attached hydrogens (tertiary/aromatic N) is 2. The van der Waals surface area contributed by atoms with E-state index in [9.17, 15) is 13.6 Å². The van der Waals surface area contributed by atoms with Crippen molar-refractivity contribution >= 4 is 17.5 Å². The van der Waals surface area contributed by atoms with Gasteiger partial charge in [-0.05, 0) is 43.7 Å². The normalized spacial score (nSPS) is 17.3. The fraction of sp³-hybridized carbons (Fsp3) is 0.412. The first-order valence-corrected chi connectivity index (χ1v) is 8.68. The Bertz CT molecular complexity index is 763. The van der Waals surface area contributed by atoms with Crippen LogP contribution < -0.4 is 15.4 Å². The minimum Gasteiger partial charge on any atom is -0.434 e. The summed E-state index contributed by atoms with van der Waals surface area (Å²) in [6.45, 7) is -1.14. The van der Waals surface area contributed by atoms with Crippen LogP contribution in [0.2, 0.25) is 5.02 Å². The van der Waals surface area contributed by atoms with E-state index in [1.165, 1.54) is 18.2 Å². The highest BCUT2D eigenvalue weighted by Crippen LogP contribution is 2.24. The van der Waals surface area contributed by atoms with Crippen LogP contribution in [0.25, 0.3) is 0 Å². The van der Waals surface area contributed by atoms with Crippen molar-refractivity contribution in [1.29, 1.82) is 0 Å². The van der Waals surface area contributed by atoms with Crippen LogP contribution in [-0.4, -0.2) is 35.4 Å². The fourth-order valence-corrected chi connectivity index (χ4v) is 3.08. The maximum atomic E-state index is 12.5. The molecule has 140 valence electrons.